The molecule has 1 aromatic rings. The van der Waals surface area contributed by atoms with Crippen molar-refractivity contribution in [2.75, 3.05) is 39.8 Å². The van der Waals surface area contributed by atoms with Crippen LogP contribution in [0.25, 0.3) is 6.08 Å². The predicted molar refractivity (Wildman–Crippen MR) is 169 cm³/mol. The summed E-state index contributed by atoms with van der Waals surface area (Å²) in [7, 11) is -1.60. The smallest absolute Gasteiger partial charge is 0.410 e. The van der Waals surface area contributed by atoms with E-state index in [1.54, 1.807) is 27.4 Å². The number of sulfonamides is 1. The van der Waals surface area contributed by atoms with Crippen molar-refractivity contribution < 1.29 is 32.6 Å². The Morgan fingerprint density at radius 2 is 1.77 bits per heavy atom. The first kappa shape index (κ1) is 34.1. The number of hydrogen-bond donors (Lipinski definition) is 1. The summed E-state index contributed by atoms with van der Waals surface area (Å²) in [5.74, 6) is -0.861. The molecule has 2 saturated heterocycles. The minimum Gasteiger partial charge on any atom is -0.457 e. The van der Waals surface area contributed by atoms with Gasteiger partial charge in [0.15, 0.2) is 0 Å². The van der Waals surface area contributed by atoms with Crippen LogP contribution < -0.4 is 0 Å². The van der Waals surface area contributed by atoms with Gasteiger partial charge in [-0.3, -0.25) is 4.79 Å². The van der Waals surface area contributed by atoms with Gasteiger partial charge in [-0.1, -0.05) is 38.1 Å². The maximum absolute atomic E-state index is 13.3. The van der Waals surface area contributed by atoms with Crippen LogP contribution in [-0.4, -0.2) is 104 Å². The number of cyclic esters (lactones) is 1. The Balaban J connectivity index is 1.57. The molecule has 0 aromatic heterocycles. The van der Waals surface area contributed by atoms with Crippen molar-refractivity contribution in [1.29, 1.82) is 0 Å². The van der Waals surface area contributed by atoms with Crippen LogP contribution in [0.2, 0.25) is 0 Å². The summed E-state index contributed by atoms with van der Waals surface area (Å²) < 4.78 is 40.1. The summed E-state index contributed by atoms with van der Waals surface area (Å²) in [4.78, 5) is 30.0. The zero-order chi connectivity index (χ0) is 32.0. The maximum atomic E-state index is 13.3. The molecule has 10 nitrogen and oxygen atoms in total. The molecule has 3 aliphatic heterocycles. The molecule has 0 aliphatic carbocycles. The van der Waals surface area contributed by atoms with E-state index in [0.29, 0.717) is 38.0 Å². The second-order valence-corrected chi connectivity index (χ2v) is 14.7. The van der Waals surface area contributed by atoms with Crippen LogP contribution in [0.15, 0.2) is 46.9 Å². The number of piperazine rings is 1. The summed E-state index contributed by atoms with van der Waals surface area (Å²) in [5.41, 5.74) is 1.41. The summed E-state index contributed by atoms with van der Waals surface area (Å²) in [5, 5.41) is 10.6. The number of hydrogen-bond acceptors (Lipinski definition) is 8. The highest BCUT2D eigenvalue weighted by molar-refractivity contribution is 7.89. The van der Waals surface area contributed by atoms with Crippen LogP contribution >= 0.6 is 0 Å². The molecule has 0 unspecified atom stereocenters. The SMILES string of the molecule is C/C(=C\c1cccc(S(=O)(=O)N2CCC[C@@H]2C)c1)[C@H]1OC(=O)C[C@@H](O)CC[C@@H](C)[C@@H](OC(=O)N2CCN(C)CC2)/C=C\[C@@H]1C. The second-order valence-electron chi connectivity index (χ2n) is 12.8. The predicted octanol–water partition coefficient (Wildman–Crippen LogP) is 4.30. The van der Waals surface area contributed by atoms with Crippen molar-refractivity contribution in [1.82, 2.24) is 14.1 Å². The number of carbonyl (C=O) groups excluding carboxylic acids is 2. The van der Waals surface area contributed by atoms with Gasteiger partial charge in [-0.05, 0) is 81.8 Å². The van der Waals surface area contributed by atoms with Crippen molar-refractivity contribution in [3.05, 3.63) is 47.6 Å². The molecule has 11 heteroatoms. The molecular weight excluding hydrogens is 582 g/mol. The largest absolute Gasteiger partial charge is 0.457 e. The average molecular weight is 632 g/mol. The minimum absolute atomic E-state index is 0.0352. The molecule has 244 valence electrons. The first-order chi connectivity index (χ1) is 20.8. The van der Waals surface area contributed by atoms with Crippen LogP contribution in [0.3, 0.4) is 0 Å². The van der Waals surface area contributed by atoms with Gasteiger partial charge < -0.3 is 24.4 Å². The number of rotatable bonds is 5. The molecule has 1 aromatic carbocycles. The Labute approximate surface area is 262 Å². The number of amides is 1. The zero-order valence-electron chi connectivity index (χ0n) is 26.7. The summed E-state index contributed by atoms with van der Waals surface area (Å²) in [6.45, 7) is 11.0. The van der Waals surface area contributed by atoms with Crippen molar-refractivity contribution in [2.24, 2.45) is 11.8 Å². The van der Waals surface area contributed by atoms with E-state index in [1.165, 1.54) is 0 Å². The van der Waals surface area contributed by atoms with E-state index in [1.807, 2.05) is 59.0 Å². The lowest BCUT2D eigenvalue weighted by Crippen LogP contribution is -2.48. The first-order valence-corrected chi connectivity index (χ1v) is 17.3. The Bertz CT molecular complexity index is 1320. The van der Waals surface area contributed by atoms with Crippen LogP contribution in [0.5, 0.6) is 0 Å². The van der Waals surface area contributed by atoms with E-state index in [9.17, 15) is 23.1 Å². The molecule has 0 saturated carbocycles. The third-order valence-corrected chi connectivity index (χ3v) is 11.1. The number of ether oxygens (including phenoxy) is 2. The van der Waals surface area contributed by atoms with Crippen molar-refractivity contribution in [2.45, 2.75) is 89.0 Å². The number of likely N-dealkylation sites (N-methyl/N-ethyl adjacent to an activating group) is 1. The average Bonchev–Trinajstić information content (AvgIpc) is 3.43. The van der Waals surface area contributed by atoms with E-state index in [2.05, 4.69) is 4.90 Å². The van der Waals surface area contributed by atoms with Crippen molar-refractivity contribution >= 4 is 28.2 Å². The van der Waals surface area contributed by atoms with Gasteiger partial charge in [0.1, 0.15) is 12.2 Å². The van der Waals surface area contributed by atoms with Crippen LogP contribution in [-0.2, 0) is 24.3 Å². The van der Waals surface area contributed by atoms with Gasteiger partial charge in [0.2, 0.25) is 10.0 Å². The highest BCUT2D eigenvalue weighted by Gasteiger charge is 2.33. The topological polar surface area (TPSA) is 117 Å². The zero-order valence-corrected chi connectivity index (χ0v) is 27.5. The molecule has 4 rings (SSSR count). The lowest BCUT2D eigenvalue weighted by atomic mass is 9.91. The van der Waals surface area contributed by atoms with E-state index in [4.69, 9.17) is 9.47 Å². The van der Waals surface area contributed by atoms with Gasteiger partial charge in [-0.2, -0.15) is 4.31 Å². The monoisotopic (exact) mass is 631 g/mol. The molecule has 3 heterocycles. The Hall–Kier alpha value is -2.73. The summed E-state index contributed by atoms with van der Waals surface area (Å²) >= 11 is 0. The molecule has 0 spiro atoms. The van der Waals surface area contributed by atoms with Crippen LogP contribution in [0.1, 0.15) is 65.4 Å². The van der Waals surface area contributed by atoms with E-state index < -0.39 is 34.3 Å². The lowest BCUT2D eigenvalue weighted by Gasteiger charge is -2.33. The number of benzene rings is 1. The number of esters is 1. The van der Waals surface area contributed by atoms with Crippen molar-refractivity contribution in [3.8, 4) is 0 Å². The second kappa shape index (κ2) is 15.0. The number of aliphatic hydroxyl groups excluding tert-OH is 1. The third-order valence-electron chi connectivity index (χ3n) is 9.06. The van der Waals surface area contributed by atoms with E-state index in [0.717, 1.165) is 31.5 Å². The molecule has 1 N–H and O–H groups in total. The van der Waals surface area contributed by atoms with Gasteiger partial charge in [-0.15, -0.1) is 0 Å². The molecule has 2 fully saturated rings. The highest BCUT2D eigenvalue weighted by Crippen LogP contribution is 2.29. The van der Waals surface area contributed by atoms with E-state index >= 15 is 0 Å². The molecule has 0 bridgehead atoms. The maximum Gasteiger partial charge on any atom is 0.410 e. The van der Waals surface area contributed by atoms with Crippen LogP contribution in [0.4, 0.5) is 4.79 Å². The Morgan fingerprint density at radius 1 is 1.05 bits per heavy atom. The normalized spacial score (nSPS) is 31.1. The van der Waals surface area contributed by atoms with Gasteiger partial charge in [0.25, 0.3) is 0 Å². The molecule has 6 atom stereocenters. The highest BCUT2D eigenvalue weighted by atomic mass is 32.2. The Morgan fingerprint density at radius 3 is 2.45 bits per heavy atom. The van der Waals surface area contributed by atoms with Gasteiger partial charge in [-0.25, -0.2) is 13.2 Å². The van der Waals surface area contributed by atoms with E-state index in [-0.39, 0.29) is 35.3 Å². The number of nitrogens with zero attached hydrogens (tertiary/aromatic N) is 3. The standard InChI is InChI=1S/C33H49N3O7S/c1-23-11-13-28(37)22-31(38)43-32(24(2)12-14-30(23)42-33(39)35-18-16-34(5)17-19-35)25(3)20-27-9-6-10-29(21-27)44(40,41)36-15-7-8-26(36)4/h6,9-10,12,14,20-21,23-24,26,28,30,32,37H,7-8,11,13,15-19,22H2,1-5H3/b14-12-,25-20+/t23-,24+,26+,28+,30+,32+/m1/s1. The quantitative estimate of drug-likeness (QED) is 0.378. The molecule has 44 heavy (non-hydrogen) atoms. The third kappa shape index (κ3) is 8.71. The molecule has 0 radical (unpaired) electrons. The summed E-state index contributed by atoms with van der Waals surface area (Å²) in [6, 6.07) is 6.78. The minimum atomic E-state index is -3.62. The first-order valence-electron chi connectivity index (χ1n) is 15.8. The van der Waals surface area contributed by atoms with Gasteiger partial charge in [0.05, 0.1) is 17.4 Å². The fraction of sp³-hybridized carbons (Fsp3) is 0.636. The Kier molecular flexibility index (Phi) is 11.7. The van der Waals surface area contributed by atoms with Gasteiger partial charge in [0, 0.05) is 44.7 Å². The molecule has 3 aliphatic rings. The summed E-state index contributed by atoms with van der Waals surface area (Å²) in [6.07, 6.45) is 5.72. The van der Waals surface area contributed by atoms with Crippen molar-refractivity contribution in [3.63, 3.8) is 0 Å². The fourth-order valence-electron chi connectivity index (χ4n) is 6.14. The van der Waals surface area contributed by atoms with Crippen LogP contribution in [0, 0.1) is 11.8 Å². The molecule has 1 amide bonds. The lowest BCUT2D eigenvalue weighted by molar-refractivity contribution is -0.151. The number of carbonyl (C=O) groups is 2. The fourth-order valence-corrected chi connectivity index (χ4v) is 7.89. The molecular formula is C33H49N3O7S. The number of aliphatic hydroxyl groups is 1. The van der Waals surface area contributed by atoms with Gasteiger partial charge >= 0.3 is 12.1 Å².